The van der Waals surface area contributed by atoms with Crippen LogP contribution in [0.2, 0.25) is 0 Å². The van der Waals surface area contributed by atoms with Crippen LogP contribution in [-0.4, -0.2) is 13.2 Å². The smallest absolute Gasteiger partial charge is 0.122 e. The van der Waals surface area contributed by atoms with Crippen molar-refractivity contribution in [2.24, 2.45) is 5.92 Å². The van der Waals surface area contributed by atoms with Crippen LogP contribution in [0, 0.1) is 12.8 Å². The number of aryl methyl sites for hydroxylation is 2. The first-order valence-electron chi connectivity index (χ1n) is 14.1. The van der Waals surface area contributed by atoms with Crippen LogP contribution in [0.25, 0.3) is 0 Å². The van der Waals surface area contributed by atoms with Crippen molar-refractivity contribution in [3.05, 3.63) is 59.2 Å². The third-order valence-corrected chi connectivity index (χ3v) is 7.58. The molecule has 0 unspecified atom stereocenters. The third kappa shape index (κ3) is 9.01. The van der Waals surface area contributed by atoms with Gasteiger partial charge in [-0.2, -0.15) is 0 Å². The van der Waals surface area contributed by atoms with Gasteiger partial charge in [0.15, 0.2) is 0 Å². The second kappa shape index (κ2) is 15.1. The molecule has 0 bridgehead atoms. The normalized spacial score (nSPS) is 18.1. The van der Waals surface area contributed by atoms with E-state index in [2.05, 4.69) is 63.2 Å². The third-order valence-electron chi connectivity index (χ3n) is 7.58. The molecule has 2 heteroatoms. The minimum absolute atomic E-state index is 0.756. The lowest BCUT2D eigenvalue weighted by Crippen LogP contribution is -2.13. The standard InChI is InChI=1S/C32H48O2/c1-4-6-9-12-27-14-17-29(18-15-27)30-19-21-31(22-20-30)33-23-10-7-8-11-24-34-32-25-26(3)13-16-28(32)5-2/h13,16,19-22,25,27,29H,4-12,14-15,17-18,23-24H2,1-3H3. The molecule has 2 nitrogen and oxygen atoms in total. The number of hydrogen-bond donors (Lipinski definition) is 0. The minimum Gasteiger partial charge on any atom is -0.494 e. The average Bonchev–Trinajstić information content (AvgIpc) is 2.87. The summed E-state index contributed by atoms with van der Waals surface area (Å²) in [5.41, 5.74) is 4.09. The quantitative estimate of drug-likeness (QED) is 0.244. The van der Waals surface area contributed by atoms with E-state index in [0.29, 0.717) is 0 Å². The first kappa shape index (κ1) is 26.6. The Morgan fingerprint density at radius 2 is 1.44 bits per heavy atom. The van der Waals surface area contributed by atoms with Crippen molar-refractivity contribution in [1.29, 1.82) is 0 Å². The average molecular weight is 465 g/mol. The monoisotopic (exact) mass is 464 g/mol. The molecule has 188 valence electrons. The van der Waals surface area contributed by atoms with E-state index in [-0.39, 0.29) is 0 Å². The van der Waals surface area contributed by atoms with Crippen LogP contribution in [0.5, 0.6) is 11.5 Å². The van der Waals surface area contributed by atoms with E-state index in [1.165, 1.54) is 80.9 Å². The summed E-state index contributed by atoms with van der Waals surface area (Å²) in [6.07, 6.45) is 16.8. The van der Waals surface area contributed by atoms with Gasteiger partial charge in [0.05, 0.1) is 13.2 Å². The van der Waals surface area contributed by atoms with Crippen molar-refractivity contribution < 1.29 is 9.47 Å². The SMILES string of the molecule is CCCCCC1CCC(c2ccc(OCCCCCCOc3cc(C)ccc3CC)cc2)CC1. The van der Waals surface area contributed by atoms with Crippen LogP contribution < -0.4 is 9.47 Å². The summed E-state index contributed by atoms with van der Waals surface area (Å²) in [5.74, 6) is 3.82. The van der Waals surface area contributed by atoms with Crippen molar-refractivity contribution in [2.45, 2.75) is 110 Å². The van der Waals surface area contributed by atoms with E-state index in [4.69, 9.17) is 9.47 Å². The van der Waals surface area contributed by atoms with E-state index in [9.17, 15) is 0 Å². The molecule has 0 amide bonds. The van der Waals surface area contributed by atoms with Gasteiger partial charge in [-0.1, -0.05) is 63.8 Å². The molecule has 0 radical (unpaired) electrons. The van der Waals surface area contributed by atoms with Gasteiger partial charge < -0.3 is 9.47 Å². The van der Waals surface area contributed by atoms with Crippen LogP contribution in [0.4, 0.5) is 0 Å². The number of unbranched alkanes of at least 4 members (excludes halogenated alkanes) is 5. The number of ether oxygens (including phenoxy) is 2. The van der Waals surface area contributed by atoms with Crippen molar-refractivity contribution in [1.82, 2.24) is 0 Å². The van der Waals surface area contributed by atoms with Gasteiger partial charge in [0.2, 0.25) is 0 Å². The summed E-state index contributed by atoms with van der Waals surface area (Å²) >= 11 is 0. The minimum atomic E-state index is 0.756. The van der Waals surface area contributed by atoms with Gasteiger partial charge in [-0.3, -0.25) is 0 Å². The van der Waals surface area contributed by atoms with Crippen LogP contribution in [0.15, 0.2) is 42.5 Å². The molecule has 0 aliphatic heterocycles. The predicted octanol–water partition coefficient (Wildman–Crippen LogP) is 9.43. The highest BCUT2D eigenvalue weighted by atomic mass is 16.5. The molecular formula is C32H48O2. The van der Waals surface area contributed by atoms with E-state index in [1.54, 1.807) is 0 Å². The van der Waals surface area contributed by atoms with Crippen LogP contribution in [-0.2, 0) is 6.42 Å². The summed E-state index contributed by atoms with van der Waals surface area (Å²) in [4.78, 5) is 0. The molecule has 0 aromatic heterocycles. The molecule has 0 N–H and O–H groups in total. The first-order chi connectivity index (χ1) is 16.7. The summed E-state index contributed by atoms with van der Waals surface area (Å²) in [6.45, 7) is 8.22. The van der Waals surface area contributed by atoms with Crippen molar-refractivity contribution in [2.75, 3.05) is 13.2 Å². The van der Waals surface area contributed by atoms with Gasteiger partial charge in [-0.25, -0.2) is 0 Å². The highest BCUT2D eigenvalue weighted by molar-refractivity contribution is 5.37. The van der Waals surface area contributed by atoms with Gasteiger partial charge in [-0.05, 0) is 111 Å². The first-order valence-corrected chi connectivity index (χ1v) is 14.1. The number of rotatable bonds is 15. The summed E-state index contributed by atoms with van der Waals surface area (Å²) < 4.78 is 12.1. The zero-order valence-electron chi connectivity index (χ0n) is 22.1. The van der Waals surface area contributed by atoms with Crippen LogP contribution in [0.3, 0.4) is 0 Å². The lowest BCUT2D eigenvalue weighted by Gasteiger charge is -2.29. The molecule has 1 fully saturated rings. The Bertz CT molecular complexity index is 802. The second-order valence-electron chi connectivity index (χ2n) is 10.4. The fraction of sp³-hybridized carbons (Fsp3) is 0.625. The lowest BCUT2D eigenvalue weighted by molar-refractivity contribution is 0.286. The molecule has 3 rings (SSSR count). The highest BCUT2D eigenvalue weighted by Gasteiger charge is 2.22. The molecule has 0 heterocycles. The zero-order valence-corrected chi connectivity index (χ0v) is 22.1. The maximum Gasteiger partial charge on any atom is 0.122 e. The maximum absolute atomic E-state index is 6.04. The van der Waals surface area contributed by atoms with Gasteiger partial charge in [0.25, 0.3) is 0 Å². The summed E-state index contributed by atoms with van der Waals surface area (Å²) in [6, 6.07) is 15.5. The fourth-order valence-corrected chi connectivity index (χ4v) is 5.32. The Hall–Kier alpha value is -1.96. The lowest BCUT2D eigenvalue weighted by atomic mass is 9.77. The molecule has 1 aliphatic carbocycles. The Kier molecular flexibility index (Phi) is 11.8. The van der Waals surface area contributed by atoms with Crippen LogP contribution >= 0.6 is 0 Å². The molecule has 1 saturated carbocycles. The van der Waals surface area contributed by atoms with E-state index in [1.807, 2.05) is 0 Å². The van der Waals surface area contributed by atoms with Gasteiger partial charge in [0.1, 0.15) is 11.5 Å². The molecule has 1 aliphatic rings. The van der Waals surface area contributed by atoms with E-state index < -0.39 is 0 Å². The zero-order chi connectivity index (χ0) is 24.0. The molecule has 0 atom stereocenters. The molecular weight excluding hydrogens is 416 g/mol. The van der Waals surface area contributed by atoms with Gasteiger partial charge in [0, 0.05) is 0 Å². The van der Waals surface area contributed by atoms with E-state index in [0.717, 1.165) is 55.8 Å². The number of hydrogen-bond acceptors (Lipinski definition) is 2. The van der Waals surface area contributed by atoms with E-state index >= 15 is 0 Å². The number of benzene rings is 2. The fourth-order valence-electron chi connectivity index (χ4n) is 5.32. The summed E-state index contributed by atoms with van der Waals surface area (Å²) in [5, 5.41) is 0. The maximum atomic E-state index is 6.04. The van der Waals surface area contributed by atoms with Gasteiger partial charge >= 0.3 is 0 Å². The molecule has 2 aromatic carbocycles. The Morgan fingerprint density at radius 3 is 2.12 bits per heavy atom. The Labute approximate surface area is 209 Å². The van der Waals surface area contributed by atoms with Crippen molar-refractivity contribution in [3.63, 3.8) is 0 Å². The van der Waals surface area contributed by atoms with Crippen molar-refractivity contribution >= 4 is 0 Å². The summed E-state index contributed by atoms with van der Waals surface area (Å²) in [7, 11) is 0. The Balaban J connectivity index is 1.25. The highest BCUT2D eigenvalue weighted by Crippen LogP contribution is 2.38. The predicted molar refractivity (Wildman–Crippen MR) is 145 cm³/mol. The second-order valence-corrected chi connectivity index (χ2v) is 10.4. The Morgan fingerprint density at radius 1 is 0.735 bits per heavy atom. The molecule has 0 spiro atoms. The van der Waals surface area contributed by atoms with Crippen molar-refractivity contribution in [3.8, 4) is 11.5 Å². The topological polar surface area (TPSA) is 18.5 Å². The van der Waals surface area contributed by atoms with Gasteiger partial charge in [-0.15, -0.1) is 0 Å². The molecule has 2 aromatic rings. The largest absolute Gasteiger partial charge is 0.494 e. The molecule has 0 saturated heterocycles. The molecule has 34 heavy (non-hydrogen) atoms. The van der Waals surface area contributed by atoms with Crippen LogP contribution in [0.1, 0.15) is 114 Å².